The van der Waals surface area contributed by atoms with Gasteiger partial charge in [-0.1, -0.05) is 21.1 Å². The standard InChI is InChI=1S/C10H13BrN2O4/c1-15-7-3-6(11)4-8(10(7)16-2)17-5-9(12)13-14/h3-4,14H,5H2,1-2H3,(H2,12,13). The third-order valence-electron chi connectivity index (χ3n) is 1.91. The van der Waals surface area contributed by atoms with Crippen LogP contribution in [-0.2, 0) is 0 Å². The number of ether oxygens (including phenoxy) is 3. The minimum Gasteiger partial charge on any atom is -0.493 e. The maximum Gasteiger partial charge on any atom is 0.203 e. The van der Waals surface area contributed by atoms with Crippen LogP contribution in [0.2, 0.25) is 0 Å². The fraction of sp³-hybridized carbons (Fsp3) is 0.300. The van der Waals surface area contributed by atoms with Crippen LogP contribution in [0.15, 0.2) is 21.8 Å². The highest BCUT2D eigenvalue weighted by atomic mass is 79.9. The van der Waals surface area contributed by atoms with Crippen molar-refractivity contribution in [3.63, 3.8) is 0 Å². The molecule has 0 radical (unpaired) electrons. The molecular formula is C10H13BrN2O4. The van der Waals surface area contributed by atoms with Crippen molar-refractivity contribution >= 4 is 21.8 Å². The van der Waals surface area contributed by atoms with E-state index in [-0.39, 0.29) is 12.4 Å². The van der Waals surface area contributed by atoms with Crippen molar-refractivity contribution in [2.45, 2.75) is 0 Å². The van der Waals surface area contributed by atoms with Gasteiger partial charge in [0.25, 0.3) is 0 Å². The maximum absolute atomic E-state index is 8.41. The summed E-state index contributed by atoms with van der Waals surface area (Å²) < 4.78 is 16.4. The van der Waals surface area contributed by atoms with Gasteiger partial charge in [0.15, 0.2) is 17.3 Å². The second kappa shape index (κ2) is 6.19. The fourth-order valence-corrected chi connectivity index (χ4v) is 1.60. The van der Waals surface area contributed by atoms with Crippen LogP contribution in [0.4, 0.5) is 0 Å². The number of rotatable bonds is 5. The highest BCUT2D eigenvalue weighted by Crippen LogP contribution is 2.39. The monoisotopic (exact) mass is 304 g/mol. The summed E-state index contributed by atoms with van der Waals surface area (Å²) in [6.45, 7) is -0.0491. The van der Waals surface area contributed by atoms with Crippen molar-refractivity contribution in [3.05, 3.63) is 16.6 Å². The number of benzene rings is 1. The summed E-state index contributed by atoms with van der Waals surface area (Å²) in [6.07, 6.45) is 0. The molecule has 0 aromatic heterocycles. The molecule has 0 saturated heterocycles. The van der Waals surface area contributed by atoms with Gasteiger partial charge in [-0.2, -0.15) is 0 Å². The molecule has 7 heteroatoms. The normalized spacial score (nSPS) is 11.1. The Morgan fingerprint density at radius 1 is 1.35 bits per heavy atom. The van der Waals surface area contributed by atoms with Crippen LogP contribution in [0.5, 0.6) is 17.2 Å². The predicted octanol–water partition coefficient (Wildman–Crippen LogP) is 1.59. The summed E-state index contributed by atoms with van der Waals surface area (Å²) in [6, 6.07) is 3.45. The van der Waals surface area contributed by atoms with Gasteiger partial charge in [0.1, 0.15) is 6.61 Å². The van der Waals surface area contributed by atoms with E-state index in [2.05, 4.69) is 21.1 Å². The minimum absolute atomic E-state index is 0.0361. The van der Waals surface area contributed by atoms with E-state index in [0.29, 0.717) is 17.2 Å². The van der Waals surface area contributed by atoms with Crippen LogP contribution in [0, 0.1) is 0 Å². The van der Waals surface area contributed by atoms with E-state index >= 15 is 0 Å². The van der Waals surface area contributed by atoms with Crippen molar-refractivity contribution in [3.8, 4) is 17.2 Å². The number of hydrogen-bond donors (Lipinski definition) is 2. The van der Waals surface area contributed by atoms with Crippen LogP contribution >= 0.6 is 15.9 Å². The average molecular weight is 305 g/mol. The molecule has 1 rings (SSSR count). The minimum atomic E-state index is -0.0491. The number of oxime groups is 1. The topological polar surface area (TPSA) is 86.3 Å². The molecule has 0 heterocycles. The summed E-state index contributed by atoms with van der Waals surface area (Å²) in [5.74, 6) is 1.37. The van der Waals surface area contributed by atoms with Gasteiger partial charge in [-0.25, -0.2) is 0 Å². The molecule has 0 saturated carbocycles. The van der Waals surface area contributed by atoms with E-state index in [4.69, 9.17) is 25.2 Å². The van der Waals surface area contributed by atoms with Gasteiger partial charge in [0.2, 0.25) is 5.75 Å². The zero-order valence-electron chi connectivity index (χ0n) is 9.44. The Kier molecular flexibility index (Phi) is 4.89. The fourth-order valence-electron chi connectivity index (χ4n) is 1.19. The van der Waals surface area contributed by atoms with Gasteiger partial charge in [-0.05, 0) is 12.1 Å². The van der Waals surface area contributed by atoms with Crippen molar-refractivity contribution < 1.29 is 19.4 Å². The van der Waals surface area contributed by atoms with Crippen molar-refractivity contribution in [1.82, 2.24) is 0 Å². The van der Waals surface area contributed by atoms with Crippen LogP contribution in [-0.4, -0.2) is 31.9 Å². The zero-order valence-corrected chi connectivity index (χ0v) is 11.0. The van der Waals surface area contributed by atoms with Gasteiger partial charge in [-0.3, -0.25) is 0 Å². The molecule has 0 unspecified atom stereocenters. The van der Waals surface area contributed by atoms with Gasteiger partial charge in [0.05, 0.1) is 14.2 Å². The van der Waals surface area contributed by atoms with E-state index < -0.39 is 0 Å². The molecule has 94 valence electrons. The second-order valence-corrected chi connectivity index (χ2v) is 3.94. The summed E-state index contributed by atoms with van der Waals surface area (Å²) in [4.78, 5) is 0. The molecule has 0 atom stereocenters. The lowest BCUT2D eigenvalue weighted by atomic mass is 10.3. The number of nitrogens with zero attached hydrogens (tertiary/aromatic N) is 1. The van der Waals surface area contributed by atoms with Crippen LogP contribution in [0.1, 0.15) is 0 Å². The van der Waals surface area contributed by atoms with Crippen LogP contribution < -0.4 is 19.9 Å². The molecule has 17 heavy (non-hydrogen) atoms. The molecule has 0 aliphatic heterocycles. The number of halogens is 1. The highest BCUT2D eigenvalue weighted by molar-refractivity contribution is 9.10. The van der Waals surface area contributed by atoms with Crippen molar-refractivity contribution in [2.75, 3.05) is 20.8 Å². The summed E-state index contributed by atoms with van der Waals surface area (Å²) in [5, 5.41) is 11.2. The molecule has 0 fully saturated rings. The smallest absolute Gasteiger partial charge is 0.203 e. The third-order valence-corrected chi connectivity index (χ3v) is 2.37. The number of methoxy groups -OCH3 is 2. The van der Waals surface area contributed by atoms with Gasteiger partial charge in [-0.15, -0.1) is 0 Å². The first-order chi connectivity index (χ1) is 8.12. The predicted molar refractivity (Wildman–Crippen MR) is 66.1 cm³/mol. The Bertz CT molecular complexity index is 423. The first-order valence-electron chi connectivity index (χ1n) is 4.63. The van der Waals surface area contributed by atoms with E-state index in [0.717, 1.165) is 4.47 Å². The maximum atomic E-state index is 8.41. The van der Waals surface area contributed by atoms with E-state index in [1.807, 2.05) is 0 Å². The van der Waals surface area contributed by atoms with Gasteiger partial charge in [0, 0.05) is 4.47 Å². The summed E-state index contributed by atoms with van der Waals surface area (Å²) in [5.41, 5.74) is 5.31. The Labute approximate surface area is 107 Å². The Morgan fingerprint density at radius 3 is 2.53 bits per heavy atom. The summed E-state index contributed by atoms with van der Waals surface area (Å²) in [7, 11) is 3.03. The highest BCUT2D eigenvalue weighted by Gasteiger charge is 2.13. The molecule has 0 aliphatic carbocycles. The molecule has 6 nitrogen and oxygen atoms in total. The second-order valence-electron chi connectivity index (χ2n) is 3.02. The Morgan fingerprint density at radius 2 is 2.00 bits per heavy atom. The lowest BCUT2D eigenvalue weighted by Gasteiger charge is -2.13. The molecule has 0 bridgehead atoms. The largest absolute Gasteiger partial charge is 0.493 e. The Hall–Kier alpha value is -1.63. The quantitative estimate of drug-likeness (QED) is 0.373. The number of nitrogens with two attached hydrogens (primary N) is 1. The number of amidine groups is 1. The molecular weight excluding hydrogens is 292 g/mol. The average Bonchev–Trinajstić information content (AvgIpc) is 2.34. The first-order valence-corrected chi connectivity index (χ1v) is 5.42. The molecule has 0 spiro atoms. The molecule has 1 aromatic rings. The van der Waals surface area contributed by atoms with Crippen LogP contribution in [0.25, 0.3) is 0 Å². The molecule has 3 N–H and O–H groups in total. The van der Waals surface area contributed by atoms with E-state index in [1.54, 1.807) is 12.1 Å². The SMILES string of the molecule is COc1cc(Br)cc(OC/C(N)=N/O)c1OC. The first kappa shape index (κ1) is 13.4. The lowest BCUT2D eigenvalue weighted by Crippen LogP contribution is -2.21. The van der Waals surface area contributed by atoms with Crippen molar-refractivity contribution in [1.29, 1.82) is 0 Å². The third kappa shape index (κ3) is 3.42. The lowest BCUT2D eigenvalue weighted by molar-refractivity contribution is 0.295. The zero-order chi connectivity index (χ0) is 12.8. The molecule has 1 aromatic carbocycles. The van der Waals surface area contributed by atoms with E-state index in [1.165, 1.54) is 14.2 Å². The van der Waals surface area contributed by atoms with Crippen molar-refractivity contribution in [2.24, 2.45) is 10.9 Å². The van der Waals surface area contributed by atoms with E-state index in [9.17, 15) is 0 Å². The van der Waals surface area contributed by atoms with Crippen LogP contribution in [0.3, 0.4) is 0 Å². The number of hydrogen-bond acceptors (Lipinski definition) is 5. The summed E-state index contributed by atoms with van der Waals surface area (Å²) >= 11 is 3.31. The molecule has 0 aliphatic rings. The Balaban J connectivity index is 3.00. The molecule has 0 amide bonds. The van der Waals surface area contributed by atoms with Gasteiger partial charge < -0.3 is 25.2 Å². The van der Waals surface area contributed by atoms with Gasteiger partial charge >= 0.3 is 0 Å².